The van der Waals surface area contributed by atoms with Crippen molar-refractivity contribution in [3.8, 4) is 10.7 Å². The molecule has 0 bridgehead atoms. The quantitative estimate of drug-likeness (QED) is 0.606. The van der Waals surface area contributed by atoms with Gasteiger partial charge in [-0.25, -0.2) is 8.42 Å². The van der Waals surface area contributed by atoms with Crippen molar-refractivity contribution in [2.24, 2.45) is 0 Å². The maximum absolute atomic E-state index is 12.9. The molecule has 1 amide bonds. The highest BCUT2D eigenvalue weighted by molar-refractivity contribution is 7.93. The minimum Gasteiger partial charge on any atom is -0.334 e. The molecule has 0 saturated carbocycles. The summed E-state index contributed by atoms with van der Waals surface area (Å²) in [5, 5.41) is 4.34. The van der Waals surface area contributed by atoms with Crippen LogP contribution < -0.4 is 4.72 Å². The lowest BCUT2D eigenvalue weighted by Crippen LogP contribution is -2.27. The molecular weight excluding hydrogens is 448 g/mol. The van der Waals surface area contributed by atoms with Gasteiger partial charge in [-0.05, 0) is 50.5 Å². The maximum Gasteiger partial charge on any atom is 0.316 e. The van der Waals surface area contributed by atoms with Gasteiger partial charge in [-0.2, -0.15) is 4.98 Å². The number of amides is 1. The first kappa shape index (κ1) is 20.8. The molecule has 3 aromatic rings. The smallest absolute Gasteiger partial charge is 0.316 e. The number of rotatable bonds is 5. The normalized spacial score (nSPS) is 14.3. The minimum atomic E-state index is -3.84. The predicted octanol–water partition coefficient (Wildman–Crippen LogP) is 4.11. The molecule has 0 aliphatic carbocycles. The number of carbonyl (C=O) groups excluding carboxylic acids is 1. The van der Waals surface area contributed by atoms with E-state index in [9.17, 15) is 13.2 Å². The molecule has 4 rings (SSSR count). The second-order valence-electron chi connectivity index (χ2n) is 7.02. The number of aryl methyl sites for hydroxylation is 2. The van der Waals surface area contributed by atoms with Crippen LogP contribution in [0.4, 0.5) is 5.69 Å². The van der Waals surface area contributed by atoms with Crippen LogP contribution in [0.25, 0.3) is 10.7 Å². The largest absolute Gasteiger partial charge is 0.334 e. The van der Waals surface area contributed by atoms with Crippen molar-refractivity contribution in [1.82, 2.24) is 15.0 Å². The first-order valence-corrected chi connectivity index (χ1v) is 11.9. The summed E-state index contributed by atoms with van der Waals surface area (Å²) in [7, 11) is -3.84. The summed E-state index contributed by atoms with van der Waals surface area (Å²) < 4.78 is 33.4. The molecule has 0 unspecified atom stereocenters. The lowest BCUT2D eigenvalue weighted by Gasteiger charge is -2.10. The van der Waals surface area contributed by atoms with E-state index in [0.717, 1.165) is 18.4 Å². The third-order valence-electron chi connectivity index (χ3n) is 4.81. The van der Waals surface area contributed by atoms with Crippen LogP contribution in [-0.4, -0.2) is 42.5 Å². The number of likely N-dealkylation sites (tertiary alicyclic amines) is 1. The summed E-state index contributed by atoms with van der Waals surface area (Å²) >= 11 is 7.30. The summed E-state index contributed by atoms with van der Waals surface area (Å²) in [6, 6.07) is 6.43. The molecule has 1 N–H and O–H groups in total. The molecule has 0 radical (unpaired) electrons. The average molecular weight is 467 g/mol. The van der Waals surface area contributed by atoms with Gasteiger partial charge in [0.1, 0.15) is 4.90 Å². The van der Waals surface area contributed by atoms with Crippen molar-refractivity contribution in [3.05, 3.63) is 45.6 Å². The van der Waals surface area contributed by atoms with Gasteiger partial charge in [0.25, 0.3) is 10.0 Å². The highest BCUT2D eigenvalue weighted by Crippen LogP contribution is 2.33. The lowest BCUT2D eigenvalue weighted by molar-refractivity contribution is 0.0743. The fourth-order valence-corrected chi connectivity index (χ4v) is 5.92. The zero-order valence-electron chi connectivity index (χ0n) is 16.3. The van der Waals surface area contributed by atoms with Crippen LogP contribution in [0.15, 0.2) is 33.7 Å². The highest BCUT2D eigenvalue weighted by atomic mass is 35.5. The Morgan fingerprint density at radius 3 is 2.67 bits per heavy atom. The van der Waals surface area contributed by atoms with Crippen LogP contribution in [0.5, 0.6) is 0 Å². The predicted molar refractivity (Wildman–Crippen MR) is 114 cm³/mol. The second-order valence-corrected chi connectivity index (χ2v) is 10.3. The van der Waals surface area contributed by atoms with Crippen molar-refractivity contribution in [3.63, 3.8) is 0 Å². The Hall–Kier alpha value is -2.43. The molecule has 8 nitrogen and oxygen atoms in total. The van der Waals surface area contributed by atoms with Crippen molar-refractivity contribution < 1.29 is 17.7 Å². The van der Waals surface area contributed by atoms with Crippen LogP contribution in [-0.2, 0) is 10.0 Å². The molecule has 0 atom stereocenters. The van der Waals surface area contributed by atoms with Gasteiger partial charge in [-0.1, -0.05) is 22.8 Å². The molecule has 1 saturated heterocycles. The van der Waals surface area contributed by atoms with Crippen LogP contribution in [0.3, 0.4) is 0 Å². The number of halogens is 1. The third-order valence-corrected chi connectivity index (χ3v) is 7.90. The van der Waals surface area contributed by atoms with Gasteiger partial charge in [-0.3, -0.25) is 9.52 Å². The number of benzene rings is 1. The molecule has 2 aromatic heterocycles. The third kappa shape index (κ3) is 4.07. The highest BCUT2D eigenvalue weighted by Gasteiger charge is 2.27. The fraction of sp³-hybridized carbons (Fsp3) is 0.316. The molecule has 158 valence electrons. The van der Waals surface area contributed by atoms with Crippen molar-refractivity contribution in [2.45, 2.75) is 31.6 Å². The molecule has 30 heavy (non-hydrogen) atoms. The maximum atomic E-state index is 12.9. The molecule has 11 heteroatoms. The average Bonchev–Trinajstić information content (AvgIpc) is 3.43. The fourth-order valence-electron chi connectivity index (χ4n) is 3.17. The van der Waals surface area contributed by atoms with Crippen molar-refractivity contribution in [1.29, 1.82) is 0 Å². The van der Waals surface area contributed by atoms with Gasteiger partial charge in [0, 0.05) is 23.0 Å². The van der Waals surface area contributed by atoms with Gasteiger partial charge in [0.15, 0.2) is 0 Å². The molecule has 1 fully saturated rings. The van der Waals surface area contributed by atoms with E-state index in [1.54, 1.807) is 30.0 Å². The number of carbonyl (C=O) groups is 1. The van der Waals surface area contributed by atoms with E-state index in [0.29, 0.717) is 33.6 Å². The number of thiophene rings is 1. The number of nitrogens with zero attached hydrogens (tertiary/aromatic N) is 3. The number of aromatic nitrogens is 2. The van der Waals surface area contributed by atoms with E-state index in [4.69, 9.17) is 16.1 Å². The number of anilines is 1. The SMILES string of the molecule is Cc1ccc(NS(=O)(=O)c2cc(-c3noc(C(=O)N4CCCC4)n3)sc2C)cc1Cl. The van der Waals surface area contributed by atoms with E-state index < -0.39 is 10.0 Å². The summed E-state index contributed by atoms with van der Waals surface area (Å²) in [6.07, 6.45) is 1.91. The lowest BCUT2D eigenvalue weighted by atomic mass is 10.2. The van der Waals surface area contributed by atoms with Gasteiger partial charge < -0.3 is 9.42 Å². The van der Waals surface area contributed by atoms with Gasteiger partial charge in [0.2, 0.25) is 5.82 Å². The zero-order valence-corrected chi connectivity index (χ0v) is 18.7. The minimum absolute atomic E-state index is 0.0882. The second kappa shape index (κ2) is 8.01. The van der Waals surface area contributed by atoms with Crippen LogP contribution in [0.1, 0.15) is 34.0 Å². The first-order valence-electron chi connectivity index (χ1n) is 9.27. The Morgan fingerprint density at radius 1 is 1.23 bits per heavy atom. The van der Waals surface area contributed by atoms with Crippen LogP contribution in [0, 0.1) is 13.8 Å². The molecule has 1 aliphatic heterocycles. The summed E-state index contributed by atoms with van der Waals surface area (Å²) in [6.45, 7) is 4.88. The Balaban J connectivity index is 1.58. The Kier molecular flexibility index (Phi) is 5.56. The molecule has 0 spiro atoms. The summed E-state index contributed by atoms with van der Waals surface area (Å²) in [4.78, 5) is 19.4. The van der Waals surface area contributed by atoms with E-state index in [1.807, 2.05) is 6.92 Å². The van der Waals surface area contributed by atoms with Crippen molar-refractivity contribution >= 4 is 44.6 Å². The van der Waals surface area contributed by atoms with E-state index in [2.05, 4.69) is 14.9 Å². The number of nitrogens with one attached hydrogen (secondary N) is 1. The zero-order chi connectivity index (χ0) is 21.5. The van der Waals surface area contributed by atoms with E-state index >= 15 is 0 Å². The van der Waals surface area contributed by atoms with Crippen molar-refractivity contribution in [2.75, 3.05) is 17.8 Å². The summed E-state index contributed by atoms with van der Waals surface area (Å²) in [5.41, 5.74) is 1.22. The first-order chi connectivity index (χ1) is 14.2. The topological polar surface area (TPSA) is 105 Å². The number of hydrogen-bond acceptors (Lipinski definition) is 7. The Labute approximate surface area is 182 Å². The van der Waals surface area contributed by atoms with Crippen LogP contribution >= 0.6 is 22.9 Å². The number of sulfonamides is 1. The molecule has 3 heterocycles. The molecule has 1 aliphatic rings. The standard InChI is InChI=1S/C19H19ClN4O4S2/c1-11-5-6-13(9-14(11)20)23-30(26,27)16-10-15(29-12(16)2)17-21-18(28-22-17)19(25)24-7-3-4-8-24/h5-6,9-10,23H,3-4,7-8H2,1-2H3. The Morgan fingerprint density at radius 2 is 1.97 bits per heavy atom. The monoisotopic (exact) mass is 466 g/mol. The Bertz CT molecular complexity index is 1210. The van der Waals surface area contributed by atoms with Gasteiger partial charge >= 0.3 is 11.8 Å². The number of hydrogen-bond donors (Lipinski definition) is 1. The van der Waals surface area contributed by atoms with Gasteiger partial charge in [0.05, 0.1) is 10.6 Å². The molecule has 1 aromatic carbocycles. The van der Waals surface area contributed by atoms with E-state index in [-0.39, 0.29) is 22.5 Å². The van der Waals surface area contributed by atoms with Gasteiger partial charge in [-0.15, -0.1) is 11.3 Å². The van der Waals surface area contributed by atoms with E-state index in [1.165, 1.54) is 17.4 Å². The summed E-state index contributed by atoms with van der Waals surface area (Å²) in [5.74, 6) is -0.203. The molecular formula is C19H19ClN4O4S2. The van der Waals surface area contributed by atoms with Crippen LogP contribution in [0.2, 0.25) is 5.02 Å².